The normalized spacial score (nSPS) is 20.9. The Labute approximate surface area is 192 Å². The fraction of sp³-hybridized carbons (Fsp3) is 0.455. The number of carbonyl (C=O) groups is 4. The predicted molar refractivity (Wildman–Crippen MR) is 125 cm³/mol. The smallest absolute Gasteiger partial charge is 0.356 e. The van der Waals surface area contributed by atoms with Crippen LogP contribution in [0.5, 0.6) is 0 Å². The average molecular weight is 477 g/mol. The van der Waals surface area contributed by atoms with E-state index in [2.05, 4.69) is 25.0 Å². The minimum absolute atomic E-state index is 0.225. The molecule has 8 nitrogen and oxygen atoms in total. The molecule has 1 aromatic rings. The minimum Gasteiger partial charge on any atom is -0.462 e. The number of β-lactam (4-membered cyclic amide) rings is 1. The van der Waals surface area contributed by atoms with Crippen LogP contribution in [0, 0.1) is 5.92 Å². The Kier molecular flexibility index (Phi) is 7.14. The number of carbonyl (C=O) groups excluding carboxylic acids is 4. The fourth-order valence-electron chi connectivity index (χ4n) is 3.60. The summed E-state index contributed by atoms with van der Waals surface area (Å²) in [7, 11) is -1.39. The summed E-state index contributed by atoms with van der Waals surface area (Å²) in [5.41, 5.74) is 1.58. The van der Waals surface area contributed by atoms with E-state index in [1.807, 2.05) is 0 Å². The number of nitrogens with zero attached hydrogens (tertiary/aromatic N) is 1. The number of rotatable bonds is 9. The monoisotopic (exact) mass is 476 g/mol. The van der Waals surface area contributed by atoms with E-state index in [-0.39, 0.29) is 17.0 Å². The first-order chi connectivity index (χ1) is 15.0. The molecule has 0 saturated carbocycles. The molecule has 0 bridgehead atoms. The number of hydrogen-bond donors (Lipinski definition) is 1. The maximum Gasteiger partial charge on any atom is 0.356 e. The van der Waals surface area contributed by atoms with Gasteiger partial charge in [-0.05, 0) is 30.7 Å². The van der Waals surface area contributed by atoms with Gasteiger partial charge in [0.05, 0.1) is 6.61 Å². The number of benzene rings is 1. The molecule has 1 N–H and O–H groups in total. The van der Waals surface area contributed by atoms with Crippen LogP contribution in [-0.2, 0) is 28.7 Å². The van der Waals surface area contributed by atoms with Crippen LogP contribution < -0.4 is 5.32 Å². The molecule has 10 heteroatoms. The number of thioether (sulfide) groups is 1. The molecule has 1 saturated heterocycles. The predicted octanol–water partition coefficient (Wildman–Crippen LogP) is 3.29. The average Bonchev–Trinajstić information content (AvgIpc) is 3.02. The van der Waals surface area contributed by atoms with Crippen LogP contribution in [0.1, 0.15) is 19.4 Å². The molecule has 0 unspecified atom stereocenters. The second-order valence-corrected chi connectivity index (χ2v) is 15.8. The Hall–Kier alpha value is -2.59. The molecule has 32 heavy (non-hydrogen) atoms. The Bertz CT molecular complexity index is 956. The maximum atomic E-state index is 13.1. The third-order valence-electron chi connectivity index (χ3n) is 5.29. The van der Waals surface area contributed by atoms with Crippen LogP contribution in [0.4, 0.5) is 5.69 Å². The molecule has 2 aliphatic heterocycles. The molecule has 2 aliphatic rings. The Morgan fingerprint density at radius 3 is 2.47 bits per heavy atom. The van der Waals surface area contributed by atoms with Crippen molar-refractivity contribution >= 4 is 54.7 Å². The quantitative estimate of drug-likeness (QED) is 0.252. The van der Waals surface area contributed by atoms with Crippen LogP contribution in [0.3, 0.4) is 0 Å². The second kappa shape index (κ2) is 9.49. The molecule has 0 aliphatic carbocycles. The van der Waals surface area contributed by atoms with Crippen molar-refractivity contribution < 1.29 is 28.7 Å². The highest BCUT2D eigenvalue weighted by Crippen LogP contribution is 2.54. The molecule has 0 spiro atoms. The highest BCUT2D eigenvalue weighted by molar-refractivity contribution is 8.09. The van der Waals surface area contributed by atoms with Gasteiger partial charge in [0, 0.05) is 25.6 Å². The van der Waals surface area contributed by atoms with Gasteiger partial charge < -0.3 is 14.8 Å². The first kappa shape index (κ1) is 24.1. The van der Waals surface area contributed by atoms with Crippen molar-refractivity contribution in [1.82, 2.24) is 4.90 Å². The fourth-order valence-corrected chi connectivity index (χ4v) is 5.92. The van der Waals surface area contributed by atoms with E-state index in [4.69, 9.17) is 9.47 Å². The summed E-state index contributed by atoms with van der Waals surface area (Å²) < 4.78 is 10.8. The Morgan fingerprint density at radius 2 is 1.91 bits per heavy atom. The molecular formula is C22H28N2O6SSi. The van der Waals surface area contributed by atoms with Crippen LogP contribution in [0.2, 0.25) is 25.7 Å². The van der Waals surface area contributed by atoms with Gasteiger partial charge in [-0.2, -0.15) is 0 Å². The molecule has 2 heterocycles. The van der Waals surface area contributed by atoms with Crippen molar-refractivity contribution in [2.75, 3.05) is 11.9 Å². The Morgan fingerprint density at radius 1 is 1.25 bits per heavy atom. The summed E-state index contributed by atoms with van der Waals surface area (Å²) in [5, 5.41) is 2.23. The number of hydrogen-bond acceptors (Lipinski definition) is 7. The third-order valence-corrected chi connectivity index (χ3v) is 8.40. The van der Waals surface area contributed by atoms with Gasteiger partial charge in [0.2, 0.25) is 12.3 Å². The van der Waals surface area contributed by atoms with Crippen LogP contribution in [0.15, 0.2) is 30.0 Å². The first-order valence-electron chi connectivity index (χ1n) is 10.4. The van der Waals surface area contributed by atoms with E-state index in [1.54, 1.807) is 31.2 Å². The molecule has 172 valence electrons. The van der Waals surface area contributed by atoms with Gasteiger partial charge in [0.25, 0.3) is 0 Å². The van der Waals surface area contributed by atoms with Crippen molar-refractivity contribution in [3.05, 3.63) is 35.5 Å². The lowest BCUT2D eigenvalue weighted by molar-refractivity contribution is -0.165. The first-order valence-corrected chi connectivity index (χ1v) is 15.0. The van der Waals surface area contributed by atoms with Crippen LogP contribution in [0.25, 0.3) is 4.91 Å². The molecule has 0 radical (unpaired) electrons. The highest BCUT2D eigenvalue weighted by atomic mass is 32.2. The number of fused-ring (bicyclic) bond motifs is 1. The SMILES string of the molecule is CC(=O)O[C@H](C)[C@H]1C(=O)N2C(C(=O)OCC[Si](C)(C)C)=C(c3ccc(NC=O)cc3)S[C@H]12. The topological polar surface area (TPSA) is 102 Å². The maximum absolute atomic E-state index is 13.1. The van der Waals surface area contributed by atoms with E-state index in [1.165, 1.54) is 23.6 Å². The Balaban J connectivity index is 1.88. The lowest BCUT2D eigenvalue weighted by atomic mass is 9.91. The van der Waals surface area contributed by atoms with Crippen molar-refractivity contribution in [1.29, 1.82) is 0 Å². The number of nitrogens with one attached hydrogen (secondary N) is 1. The molecule has 3 rings (SSSR count). The summed E-state index contributed by atoms with van der Waals surface area (Å²) in [5.74, 6) is -1.79. The van der Waals surface area contributed by atoms with Gasteiger partial charge in [-0.1, -0.05) is 43.5 Å². The molecule has 1 aromatic carbocycles. The summed E-state index contributed by atoms with van der Waals surface area (Å²) >= 11 is 1.39. The van der Waals surface area contributed by atoms with Gasteiger partial charge in [-0.3, -0.25) is 19.3 Å². The zero-order valence-electron chi connectivity index (χ0n) is 18.8. The zero-order valence-corrected chi connectivity index (χ0v) is 20.7. The largest absolute Gasteiger partial charge is 0.462 e. The number of amides is 2. The number of ether oxygens (including phenoxy) is 2. The molecule has 3 atom stereocenters. The van der Waals surface area contributed by atoms with E-state index in [9.17, 15) is 19.2 Å². The second-order valence-electron chi connectivity index (χ2n) is 9.02. The zero-order chi connectivity index (χ0) is 23.6. The summed E-state index contributed by atoms with van der Waals surface area (Å²) in [4.78, 5) is 50.2. The van der Waals surface area contributed by atoms with Gasteiger partial charge in [-0.25, -0.2) is 4.79 Å². The molecule has 1 fully saturated rings. The van der Waals surface area contributed by atoms with Gasteiger partial charge >= 0.3 is 11.9 Å². The lowest BCUT2D eigenvalue weighted by Gasteiger charge is -2.44. The van der Waals surface area contributed by atoms with E-state index in [0.717, 1.165) is 11.6 Å². The van der Waals surface area contributed by atoms with Crippen LogP contribution >= 0.6 is 11.8 Å². The van der Waals surface area contributed by atoms with Crippen molar-refractivity contribution in [3.8, 4) is 0 Å². The van der Waals surface area contributed by atoms with Gasteiger partial charge in [0.1, 0.15) is 23.1 Å². The number of anilines is 1. The van der Waals surface area contributed by atoms with Gasteiger partial charge in [0.15, 0.2) is 0 Å². The molecule has 0 aromatic heterocycles. The summed E-state index contributed by atoms with van der Waals surface area (Å²) in [6.45, 7) is 9.88. The van der Waals surface area contributed by atoms with Gasteiger partial charge in [-0.15, -0.1) is 0 Å². The van der Waals surface area contributed by atoms with E-state index in [0.29, 0.717) is 23.6 Å². The highest BCUT2D eigenvalue weighted by Gasteiger charge is 2.59. The summed E-state index contributed by atoms with van der Waals surface area (Å²) in [6.07, 6.45) is -0.0117. The van der Waals surface area contributed by atoms with Crippen molar-refractivity contribution in [2.24, 2.45) is 5.92 Å². The van der Waals surface area contributed by atoms with Crippen molar-refractivity contribution in [3.63, 3.8) is 0 Å². The molecule has 2 amide bonds. The summed E-state index contributed by atoms with van der Waals surface area (Å²) in [6, 6.07) is 7.84. The third kappa shape index (κ3) is 5.07. The van der Waals surface area contributed by atoms with Crippen molar-refractivity contribution in [2.45, 2.75) is 51.0 Å². The minimum atomic E-state index is -1.39. The van der Waals surface area contributed by atoms with E-state index >= 15 is 0 Å². The standard InChI is InChI=1S/C22H28N2O6SSi/c1-13(30-14(2)26)17-20(27)24-18(22(28)29-10-11-32(3,4)5)19(31-21(17)24)15-6-8-16(9-7-15)23-12-25/h6-9,12-13,17,21H,10-11H2,1-5H3,(H,23,25)/t13-,17+,21-/m1/s1. The molecular weight excluding hydrogens is 448 g/mol. The van der Waals surface area contributed by atoms with Crippen LogP contribution in [-0.4, -0.2) is 55.3 Å². The lowest BCUT2D eigenvalue weighted by Crippen LogP contribution is -2.61. The van der Waals surface area contributed by atoms with E-state index < -0.39 is 32.0 Å². The number of esters is 2.